The van der Waals surface area contributed by atoms with Crippen molar-refractivity contribution >= 4 is 11.7 Å². The summed E-state index contributed by atoms with van der Waals surface area (Å²) < 4.78 is 47.2. The zero-order chi connectivity index (χ0) is 23.3. The molecule has 2 aromatic rings. The molecule has 2 aromatic carbocycles. The molecule has 33 heavy (non-hydrogen) atoms. The van der Waals surface area contributed by atoms with Gasteiger partial charge in [0.2, 0.25) is 0 Å². The van der Waals surface area contributed by atoms with Crippen LogP contribution in [0.1, 0.15) is 48.3 Å². The highest BCUT2D eigenvalue weighted by Crippen LogP contribution is 2.48. The third-order valence-electron chi connectivity index (χ3n) is 6.57. The smallest absolute Gasteiger partial charge is 0.493 e. The third kappa shape index (κ3) is 3.85. The number of aliphatic imine (C=N–C) groups is 1. The molecule has 0 saturated heterocycles. The van der Waals surface area contributed by atoms with E-state index in [1.165, 1.54) is 12.1 Å². The minimum absolute atomic E-state index is 0.0278. The SMILES string of the molecule is COc1cc2c(cc1OC)C1CC(CC(=O)O)CCC1N=C2c1ccc2c(c1)OC(F)(F)O2. The van der Waals surface area contributed by atoms with E-state index in [0.29, 0.717) is 29.2 Å². The number of carbonyl (C=O) groups is 1. The van der Waals surface area contributed by atoms with E-state index in [9.17, 15) is 18.7 Å². The van der Waals surface area contributed by atoms with Gasteiger partial charge in [-0.1, -0.05) is 0 Å². The monoisotopic (exact) mass is 459 g/mol. The van der Waals surface area contributed by atoms with Crippen molar-refractivity contribution in [1.82, 2.24) is 0 Å². The molecule has 2 aliphatic heterocycles. The van der Waals surface area contributed by atoms with Crippen LogP contribution in [0.15, 0.2) is 35.3 Å². The predicted molar refractivity (Wildman–Crippen MR) is 114 cm³/mol. The summed E-state index contributed by atoms with van der Waals surface area (Å²) in [6, 6.07) is 8.34. The van der Waals surface area contributed by atoms with Crippen molar-refractivity contribution in [2.45, 2.75) is 43.9 Å². The van der Waals surface area contributed by atoms with E-state index >= 15 is 0 Å². The Balaban J connectivity index is 1.60. The second-order valence-corrected chi connectivity index (χ2v) is 8.55. The molecule has 1 fully saturated rings. The van der Waals surface area contributed by atoms with Crippen LogP contribution < -0.4 is 18.9 Å². The quantitative estimate of drug-likeness (QED) is 0.703. The molecule has 9 heteroatoms. The van der Waals surface area contributed by atoms with Gasteiger partial charge < -0.3 is 24.1 Å². The Morgan fingerprint density at radius 1 is 1.12 bits per heavy atom. The fraction of sp³-hybridized carbons (Fsp3) is 0.417. The summed E-state index contributed by atoms with van der Waals surface area (Å²) in [4.78, 5) is 16.3. The summed E-state index contributed by atoms with van der Waals surface area (Å²) in [6.07, 6.45) is -1.37. The van der Waals surface area contributed by atoms with Crippen LogP contribution in [0.2, 0.25) is 0 Å². The molecular formula is C24H23F2NO6. The highest BCUT2D eigenvalue weighted by molar-refractivity contribution is 6.15. The Kier molecular flexibility index (Phi) is 5.14. The second-order valence-electron chi connectivity index (χ2n) is 8.55. The molecular weight excluding hydrogens is 436 g/mol. The van der Waals surface area contributed by atoms with Gasteiger partial charge in [-0.15, -0.1) is 8.78 Å². The van der Waals surface area contributed by atoms with Crippen molar-refractivity contribution in [2.24, 2.45) is 10.9 Å². The van der Waals surface area contributed by atoms with Crippen LogP contribution in [-0.4, -0.2) is 43.3 Å². The molecule has 1 saturated carbocycles. The molecule has 1 N–H and O–H groups in total. The standard InChI is InChI=1S/C24H23F2NO6/c1-30-19-10-14-15-7-12(8-22(28)29)3-5-17(15)27-23(16(14)11-20(19)31-2)13-4-6-18-21(9-13)33-24(25,26)32-18/h4,6,9-12,15,17H,3,5,7-8H2,1-2H3,(H,28,29). The van der Waals surface area contributed by atoms with Gasteiger partial charge in [0.1, 0.15) is 0 Å². The normalized spacial score (nSPS) is 24.4. The number of rotatable bonds is 5. The van der Waals surface area contributed by atoms with E-state index in [0.717, 1.165) is 24.0 Å². The Morgan fingerprint density at radius 2 is 1.85 bits per heavy atom. The van der Waals surface area contributed by atoms with E-state index in [2.05, 4.69) is 9.47 Å². The lowest BCUT2D eigenvalue weighted by molar-refractivity contribution is -0.286. The van der Waals surface area contributed by atoms with Gasteiger partial charge in [0.05, 0.1) is 26.0 Å². The van der Waals surface area contributed by atoms with Crippen molar-refractivity contribution in [3.63, 3.8) is 0 Å². The fourth-order valence-electron chi connectivity index (χ4n) is 5.13. The molecule has 0 spiro atoms. The van der Waals surface area contributed by atoms with E-state index < -0.39 is 12.3 Å². The minimum Gasteiger partial charge on any atom is -0.493 e. The lowest BCUT2D eigenvalue weighted by Crippen LogP contribution is -2.33. The van der Waals surface area contributed by atoms with Crippen molar-refractivity contribution in [3.8, 4) is 23.0 Å². The minimum atomic E-state index is -3.70. The highest BCUT2D eigenvalue weighted by atomic mass is 19.3. The van der Waals surface area contributed by atoms with E-state index in [1.54, 1.807) is 20.3 Å². The molecule has 2 heterocycles. The Bertz CT molecular complexity index is 1150. The third-order valence-corrected chi connectivity index (χ3v) is 6.57. The van der Waals surface area contributed by atoms with E-state index in [1.807, 2.05) is 12.1 Å². The summed E-state index contributed by atoms with van der Waals surface area (Å²) in [5, 5.41) is 9.27. The van der Waals surface area contributed by atoms with Gasteiger partial charge in [-0.2, -0.15) is 0 Å². The van der Waals surface area contributed by atoms with Gasteiger partial charge in [0.15, 0.2) is 23.0 Å². The first kappa shape index (κ1) is 21.5. The maximum Gasteiger partial charge on any atom is 0.586 e. The van der Waals surface area contributed by atoms with Gasteiger partial charge in [0, 0.05) is 23.5 Å². The summed E-state index contributed by atoms with van der Waals surface area (Å²) in [5.41, 5.74) is 3.05. The number of aliphatic carboxylic acids is 1. The lowest BCUT2D eigenvalue weighted by atomic mass is 9.70. The number of fused-ring (bicyclic) bond motifs is 4. The van der Waals surface area contributed by atoms with Gasteiger partial charge in [-0.05, 0) is 61.1 Å². The molecule has 0 radical (unpaired) electrons. The average molecular weight is 459 g/mol. The van der Waals surface area contributed by atoms with Crippen LogP contribution in [0, 0.1) is 5.92 Å². The number of methoxy groups -OCH3 is 2. The number of ether oxygens (including phenoxy) is 4. The maximum absolute atomic E-state index is 13.5. The Labute approximate surface area is 188 Å². The van der Waals surface area contributed by atoms with Crippen molar-refractivity contribution in [1.29, 1.82) is 0 Å². The molecule has 0 amide bonds. The Hall–Kier alpha value is -3.36. The zero-order valence-corrected chi connectivity index (χ0v) is 18.1. The van der Waals surface area contributed by atoms with E-state index in [4.69, 9.17) is 14.5 Å². The first-order valence-corrected chi connectivity index (χ1v) is 10.7. The summed E-state index contributed by atoms with van der Waals surface area (Å²) in [6.45, 7) is 0. The van der Waals surface area contributed by atoms with Crippen molar-refractivity contribution in [2.75, 3.05) is 14.2 Å². The fourth-order valence-corrected chi connectivity index (χ4v) is 5.13. The summed E-state index contributed by atoms with van der Waals surface area (Å²) in [5.74, 6) is 0.307. The lowest BCUT2D eigenvalue weighted by Gasteiger charge is -2.38. The topological polar surface area (TPSA) is 86.6 Å². The average Bonchev–Trinajstić information content (AvgIpc) is 3.10. The molecule has 0 bridgehead atoms. The zero-order valence-electron chi connectivity index (χ0n) is 18.1. The molecule has 7 nitrogen and oxygen atoms in total. The van der Waals surface area contributed by atoms with Crippen LogP contribution in [0.5, 0.6) is 23.0 Å². The number of halogens is 2. The first-order chi connectivity index (χ1) is 15.8. The number of hydrogen-bond donors (Lipinski definition) is 1. The summed E-state index contributed by atoms with van der Waals surface area (Å²) in [7, 11) is 3.10. The van der Waals surface area contributed by atoms with Gasteiger partial charge in [0.25, 0.3) is 0 Å². The number of benzene rings is 2. The highest BCUT2D eigenvalue weighted by Gasteiger charge is 2.44. The number of alkyl halides is 2. The Morgan fingerprint density at radius 3 is 2.58 bits per heavy atom. The van der Waals surface area contributed by atoms with Crippen LogP contribution in [0.4, 0.5) is 8.78 Å². The number of carboxylic acids is 1. The largest absolute Gasteiger partial charge is 0.586 e. The van der Waals surface area contributed by atoms with Gasteiger partial charge in [-0.25, -0.2) is 0 Å². The molecule has 5 rings (SSSR count). The van der Waals surface area contributed by atoms with Crippen LogP contribution >= 0.6 is 0 Å². The summed E-state index contributed by atoms with van der Waals surface area (Å²) >= 11 is 0. The molecule has 3 atom stereocenters. The van der Waals surface area contributed by atoms with Gasteiger partial charge >= 0.3 is 12.3 Å². The van der Waals surface area contributed by atoms with Crippen LogP contribution in [0.3, 0.4) is 0 Å². The van der Waals surface area contributed by atoms with Crippen molar-refractivity contribution < 1.29 is 37.6 Å². The van der Waals surface area contributed by atoms with Gasteiger partial charge in [-0.3, -0.25) is 9.79 Å². The molecule has 0 aromatic heterocycles. The predicted octanol–water partition coefficient (Wildman–Crippen LogP) is 4.60. The molecule has 3 aliphatic rings. The number of carboxylic acid groups (broad SMARTS) is 1. The molecule has 1 aliphatic carbocycles. The maximum atomic E-state index is 13.5. The number of hydrogen-bond acceptors (Lipinski definition) is 6. The van der Waals surface area contributed by atoms with E-state index in [-0.39, 0.29) is 35.8 Å². The second kappa shape index (κ2) is 7.90. The van der Waals surface area contributed by atoms with Crippen LogP contribution in [-0.2, 0) is 4.79 Å². The molecule has 3 unspecified atom stereocenters. The van der Waals surface area contributed by atoms with Crippen molar-refractivity contribution in [3.05, 3.63) is 47.0 Å². The van der Waals surface area contributed by atoms with Crippen LogP contribution in [0.25, 0.3) is 0 Å². The molecule has 174 valence electrons. The first-order valence-electron chi connectivity index (χ1n) is 10.7. The number of nitrogens with zero attached hydrogens (tertiary/aromatic N) is 1.